The van der Waals surface area contributed by atoms with Crippen molar-refractivity contribution < 1.29 is 14.3 Å². The van der Waals surface area contributed by atoms with Gasteiger partial charge in [-0.3, -0.25) is 14.6 Å². The molecule has 26 heavy (non-hydrogen) atoms. The normalized spacial score (nSPS) is 12.9. The van der Waals surface area contributed by atoms with Crippen LogP contribution in [0.4, 0.5) is 4.79 Å². The highest BCUT2D eigenvalue weighted by Gasteiger charge is 2.26. The molecule has 0 radical (unpaired) electrons. The molecule has 10 heteroatoms. The van der Waals surface area contributed by atoms with E-state index in [-0.39, 0.29) is 11.5 Å². The van der Waals surface area contributed by atoms with E-state index >= 15 is 0 Å². The number of hydrogen-bond acceptors (Lipinski definition) is 6. The maximum absolute atomic E-state index is 12.3. The fourth-order valence-corrected chi connectivity index (χ4v) is 1.96. The molecule has 0 spiro atoms. The standard InChI is InChI=1S/C16H25N5O5/c1-8(2)11(19-15(25)26-16(4,5)6)13(23)21-17-7-10-9(3)18-14(24)20-12(10)22/h7-8,11H,1-6H3,(H,19,25)(H,21,23)(H2,18,20,22,24)/b17-7+. The van der Waals surface area contributed by atoms with Crippen LogP contribution in [0.15, 0.2) is 14.7 Å². The fraction of sp³-hybridized carbons (Fsp3) is 0.562. The van der Waals surface area contributed by atoms with E-state index < -0.39 is 34.9 Å². The van der Waals surface area contributed by atoms with Gasteiger partial charge >= 0.3 is 11.8 Å². The molecule has 1 atom stereocenters. The predicted molar refractivity (Wildman–Crippen MR) is 96.2 cm³/mol. The average molecular weight is 367 g/mol. The van der Waals surface area contributed by atoms with E-state index in [0.29, 0.717) is 5.69 Å². The van der Waals surface area contributed by atoms with E-state index in [0.717, 1.165) is 6.21 Å². The van der Waals surface area contributed by atoms with Crippen molar-refractivity contribution in [2.24, 2.45) is 11.0 Å². The molecular weight excluding hydrogens is 342 g/mol. The number of H-pyrrole nitrogens is 2. The minimum absolute atomic E-state index is 0.103. The molecule has 0 aliphatic heterocycles. The highest BCUT2D eigenvalue weighted by Crippen LogP contribution is 2.08. The number of carbonyl (C=O) groups excluding carboxylic acids is 2. The van der Waals surface area contributed by atoms with Gasteiger partial charge in [0, 0.05) is 5.69 Å². The molecule has 1 aromatic rings. The summed E-state index contributed by atoms with van der Waals surface area (Å²) in [6.07, 6.45) is 0.399. The molecule has 0 aliphatic carbocycles. The van der Waals surface area contributed by atoms with E-state index in [1.807, 2.05) is 0 Å². The number of carbonyl (C=O) groups is 2. The van der Waals surface area contributed by atoms with Gasteiger partial charge in [-0.2, -0.15) is 5.10 Å². The monoisotopic (exact) mass is 367 g/mol. The number of rotatable bonds is 5. The van der Waals surface area contributed by atoms with Gasteiger partial charge in [-0.05, 0) is 33.6 Å². The summed E-state index contributed by atoms with van der Waals surface area (Å²) in [5.41, 5.74) is 0.728. The van der Waals surface area contributed by atoms with Crippen molar-refractivity contribution in [1.82, 2.24) is 20.7 Å². The van der Waals surface area contributed by atoms with Gasteiger partial charge in [0.15, 0.2) is 0 Å². The first-order valence-corrected chi connectivity index (χ1v) is 8.06. The van der Waals surface area contributed by atoms with Crippen molar-refractivity contribution in [3.63, 3.8) is 0 Å². The van der Waals surface area contributed by atoms with Crippen molar-refractivity contribution in [3.8, 4) is 0 Å². The van der Waals surface area contributed by atoms with Crippen molar-refractivity contribution in [2.45, 2.75) is 53.2 Å². The molecule has 1 unspecified atom stereocenters. The second-order valence-electron chi connectivity index (χ2n) is 7.05. The first kappa shape index (κ1) is 21.1. The summed E-state index contributed by atoms with van der Waals surface area (Å²) >= 11 is 0. The Morgan fingerprint density at radius 1 is 1.19 bits per heavy atom. The van der Waals surface area contributed by atoms with Gasteiger partial charge < -0.3 is 15.0 Å². The Morgan fingerprint density at radius 3 is 2.31 bits per heavy atom. The largest absolute Gasteiger partial charge is 0.444 e. The number of hydrazone groups is 1. The Hall–Kier alpha value is -2.91. The van der Waals surface area contributed by atoms with Gasteiger partial charge in [-0.25, -0.2) is 15.0 Å². The van der Waals surface area contributed by atoms with E-state index in [9.17, 15) is 19.2 Å². The van der Waals surface area contributed by atoms with E-state index in [1.165, 1.54) is 6.92 Å². The molecular formula is C16H25N5O5. The van der Waals surface area contributed by atoms with E-state index in [4.69, 9.17) is 4.74 Å². The first-order valence-electron chi connectivity index (χ1n) is 8.06. The molecule has 2 amide bonds. The van der Waals surface area contributed by atoms with Crippen LogP contribution < -0.4 is 22.0 Å². The van der Waals surface area contributed by atoms with Gasteiger partial charge in [0.25, 0.3) is 11.5 Å². The third-order valence-corrected chi connectivity index (χ3v) is 3.17. The summed E-state index contributed by atoms with van der Waals surface area (Å²) in [6.45, 7) is 10.2. The Morgan fingerprint density at radius 2 is 1.81 bits per heavy atom. The van der Waals surface area contributed by atoms with Gasteiger partial charge in [0.1, 0.15) is 11.6 Å². The molecule has 0 fully saturated rings. The lowest BCUT2D eigenvalue weighted by molar-refractivity contribution is -0.124. The lowest BCUT2D eigenvalue weighted by atomic mass is 10.0. The number of amides is 2. The van der Waals surface area contributed by atoms with E-state index in [1.54, 1.807) is 34.6 Å². The lowest BCUT2D eigenvalue weighted by Crippen LogP contribution is -2.49. The van der Waals surface area contributed by atoms with Crippen molar-refractivity contribution in [2.75, 3.05) is 0 Å². The molecule has 0 aromatic carbocycles. The number of nitrogens with one attached hydrogen (secondary N) is 4. The number of aromatic nitrogens is 2. The highest BCUT2D eigenvalue weighted by molar-refractivity contribution is 5.87. The van der Waals surface area contributed by atoms with Crippen molar-refractivity contribution >= 4 is 18.2 Å². The topological polar surface area (TPSA) is 146 Å². The molecule has 1 rings (SSSR count). The summed E-state index contributed by atoms with van der Waals surface area (Å²) < 4.78 is 5.14. The summed E-state index contributed by atoms with van der Waals surface area (Å²) in [5.74, 6) is -0.795. The van der Waals surface area contributed by atoms with Crippen LogP contribution in [0.1, 0.15) is 45.9 Å². The molecule has 1 heterocycles. The van der Waals surface area contributed by atoms with Gasteiger partial charge in [0.2, 0.25) is 0 Å². The van der Waals surface area contributed by atoms with Crippen LogP contribution in [0.5, 0.6) is 0 Å². The third kappa shape index (κ3) is 6.54. The van der Waals surface area contributed by atoms with Crippen LogP contribution in [0, 0.1) is 12.8 Å². The lowest BCUT2D eigenvalue weighted by Gasteiger charge is -2.24. The summed E-state index contributed by atoms with van der Waals surface area (Å²) in [7, 11) is 0. The number of hydrogen-bond donors (Lipinski definition) is 4. The summed E-state index contributed by atoms with van der Waals surface area (Å²) in [6, 6.07) is -0.878. The quantitative estimate of drug-likeness (QED) is 0.439. The molecule has 10 nitrogen and oxygen atoms in total. The summed E-state index contributed by atoms with van der Waals surface area (Å²) in [4.78, 5) is 51.4. The SMILES string of the molecule is Cc1[nH]c(=O)[nH]c(=O)c1/C=N/NC(=O)C(NC(=O)OC(C)(C)C)C(C)C. The molecule has 1 aromatic heterocycles. The molecule has 4 N–H and O–H groups in total. The molecule has 0 saturated heterocycles. The van der Waals surface area contributed by atoms with Crippen molar-refractivity contribution in [1.29, 1.82) is 0 Å². The number of ether oxygens (including phenoxy) is 1. The molecule has 0 bridgehead atoms. The Kier molecular flexibility index (Phi) is 6.87. The summed E-state index contributed by atoms with van der Waals surface area (Å²) in [5, 5.41) is 6.21. The van der Waals surface area contributed by atoms with Crippen LogP contribution >= 0.6 is 0 Å². The van der Waals surface area contributed by atoms with Crippen LogP contribution in [0.25, 0.3) is 0 Å². The van der Waals surface area contributed by atoms with E-state index in [2.05, 4.69) is 25.8 Å². The Bertz CT molecular complexity index is 800. The number of nitrogens with zero attached hydrogens (tertiary/aromatic N) is 1. The van der Waals surface area contributed by atoms with Crippen molar-refractivity contribution in [3.05, 3.63) is 32.1 Å². The zero-order valence-corrected chi connectivity index (χ0v) is 15.7. The zero-order chi connectivity index (χ0) is 20.1. The third-order valence-electron chi connectivity index (χ3n) is 3.17. The Balaban J connectivity index is 2.81. The average Bonchev–Trinajstić information content (AvgIpc) is 2.45. The molecule has 0 aliphatic rings. The maximum atomic E-state index is 12.3. The minimum Gasteiger partial charge on any atom is -0.444 e. The van der Waals surface area contributed by atoms with Gasteiger partial charge in [-0.15, -0.1) is 0 Å². The smallest absolute Gasteiger partial charge is 0.408 e. The fourth-order valence-electron chi connectivity index (χ4n) is 1.96. The number of alkyl carbamates (subject to hydrolysis) is 1. The molecule has 144 valence electrons. The first-order chi connectivity index (χ1) is 11.9. The van der Waals surface area contributed by atoms with Gasteiger partial charge in [-0.1, -0.05) is 13.8 Å². The van der Waals surface area contributed by atoms with Gasteiger partial charge in [0.05, 0.1) is 11.8 Å². The van der Waals surface area contributed by atoms with Crippen LogP contribution in [-0.2, 0) is 9.53 Å². The predicted octanol–water partition coefficient (Wildman–Crippen LogP) is 0.371. The highest BCUT2D eigenvalue weighted by atomic mass is 16.6. The van der Waals surface area contributed by atoms with Crippen LogP contribution in [-0.4, -0.2) is 39.8 Å². The van der Waals surface area contributed by atoms with Crippen LogP contribution in [0.3, 0.4) is 0 Å². The number of aromatic amines is 2. The second-order valence-corrected chi connectivity index (χ2v) is 7.05. The zero-order valence-electron chi connectivity index (χ0n) is 15.7. The van der Waals surface area contributed by atoms with Crippen LogP contribution in [0.2, 0.25) is 0 Å². The Labute approximate surface area is 150 Å². The number of aryl methyl sites for hydroxylation is 1. The maximum Gasteiger partial charge on any atom is 0.408 e. The second kappa shape index (κ2) is 8.45. The minimum atomic E-state index is -0.878. The molecule has 0 saturated carbocycles.